The highest BCUT2D eigenvalue weighted by Gasteiger charge is 2.39. The molecule has 15 atom stereocenters. The summed E-state index contributed by atoms with van der Waals surface area (Å²) < 4.78 is 0. The summed E-state index contributed by atoms with van der Waals surface area (Å²) in [4.78, 5) is 213. The summed E-state index contributed by atoms with van der Waals surface area (Å²) in [6, 6.07) is -17.2. The molecule has 0 rings (SSSR count). The Morgan fingerprint density at radius 3 is 0.567 bits per heavy atom. The molecule has 127 heavy (non-hydrogen) atoms. The number of hydrogen-bond acceptors (Lipinski definition) is 22. The third-order valence-electron chi connectivity index (χ3n) is 21.3. The largest absolute Gasteiger partial charge is 0.368 e. The highest BCUT2D eigenvalue weighted by Crippen LogP contribution is 2.19. The maximum absolute atomic E-state index is 14.9. The van der Waals surface area contributed by atoms with E-state index in [2.05, 4.69) is 74.4 Å². The van der Waals surface area contributed by atoms with Gasteiger partial charge in [-0.3, -0.25) is 71.9 Å². The third-order valence-corrected chi connectivity index (χ3v) is 21.3. The van der Waals surface area contributed by atoms with E-state index < -0.39 is 179 Å². The quantitative estimate of drug-likeness (QED) is 0.0386. The molecule has 0 saturated heterocycles. The molecule has 0 aromatic heterocycles. The van der Waals surface area contributed by atoms with Crippen molar-refractivity contribution < 1.29 is 71.9 Å². The van der Waals surface area contributed by atoms with Crippen molar-refractivity contribution in [2.45, 2.75) is 389 Å². The molecule has 734 valence electrons. The van der Waals surface area contributed by atoms with E-state index in [0.717, 1.165) is 0 Å². The molecule has 0 bridgehead atoms. The molecule has 15 amide bonds. The number of amides is 15. The van der Waals surface area contributed by atoms with Gasteiger partial charge >= 0.3 is 0 Å². The standard InChI is InChI=1S/C90H174N22O15/c1-52(2)43-62(97)78(115)100-63(32-19-25-37-91)82(119)108-74(50-59(15)16)89(126)111-71(47-56(9)10)85(122)103-65(34-21-27-39-93)81(118)102-67(36-23-29-41-95)84(121)110-75(51-60(17)18)90(127)112-72(48-57(11)12)86(123)104-64(33-20-26-38-92)80(117)101-66(35-22-28-40-94)83(120)109-73(49-58(13)14)88(125)107-69(45-54(5)6)79(116)99-42-30-24-31-61(96)77(114)106-70(46-55(7)8)87(124)105-68(76(98)113)44-53(3)4/h52-75H,19-51,91-97H2,1-18H3,(H2,98,113)(H,99,116)(H,100,115)(H,101,117)(H,102,118)(H,103,122)(H,104,123)(H,105,124)(H,106,114)(H,107,125)(H,108,119)(H,109,120)(H,110,121)(H,111,126)(H,112,127)/t61-,62-,63-,64-,65-,66-,67-,68-,69-,70-,71-,72-,73-,74-,75-/m0/s1. The maximum atomic E-state index is 14.9. The minimum Gasteiger partial charge on any atom is -0.368 e. The van der Waals surface area contributed by atoms with Crippen molar-refractivity contribution in [3.8, 4) is 0 Å². The first kappa shape index (κ1) is 119. The van der Waals surface area contributed by atoms with Gasteiger partial charge in [0.15, 0.2) is 0 Å². The van der Waals surface area contributed by atoms with Crippen molar-refractivity contribution >= 4 is 88.6 Å². The molecule has 37 nitrogen and oxygen atoms in total. The summed E-state index contributed by atoms with van der Waals surface area (Å²) in [5.41, 5.74) is 47.6. The number of hydrogen-bond donors (Lipinski definition) is 22. The van der Waals surface area contributed by atoms with E-state index in [1.807, 2.05) is 125 Å². The van der Waals surface area contributed by atoms with Crippen LogP contribution >= 0.6 is 0 Å². The van der Waals surface area contributed by atoms with Crippen molar-refractivity contribution in [3.05, 3.63) is 0 Å². The van der Waals surface area contributed by atoms with E-state index in [-0.39, 0.29) is 169 Å². The average Bonchev–Trinajstić information content (AvgIpc) is 0.851. The van der Waals surface area contributed by atoms with E-state index in [4.69, 9.17) is 45.9 Å². The minimum absolute atomic E-state index is 0.000994. The van der Waals surface area contributed by atoms with Crippen LogP contribution in [0.5, 0.6) is 0 Å². The number of carbonyl (C=O) groups excluding carboxylic acids is 15. The Balaban J connectivity index is 7.12. The van der Waals surface area contributed by atoms with Crippen LogP contribution in [-0.4, -0.2) is 219 Å². The van der Waals surface area contributed by atoms with Gasteiger partial charge in [-0.25, -0.2) is 0 Å². The highest BCUT2D eigenvalue weighted by molar-refractivity contribution is 6.00. The lowest BCUT2D eigenvalue weighted by Crippen LogP contribution is -2.61. The molecule has 0 aromatic rings. The summed E-state index contributed by atoms with van der Waals surface area (Å²) in [6.07, 6.45) is 7.43. The summed E-state index contributed by atoms with van der Waals surface area (Å²) in [6.45, 7) is 35.1. The molecule has 37 heteroatoms. The van der Waals surface area contributed by atoms with Crippen LogP contribution in [0, 0.1) is 53.3 Å². The number of unbranched alkanes of at least 4 members (excludes halogenated alkanes) is 6. The van der Waals surface area contributed by atoms with Crippen LogP contribution in [0.4, 0.5) is 0 Å². The van der Waals surface area contributed by atoms with E-state index >= 15 is 0 Å². The molecular weight excluding hydrogens is 1630 g/mol. The average molecular weight is 1800 g/mol. The summed E-state index contributed by atoms with van der Waals surface area (Å²) in [5.74, 6) is -10.8. The molecule has 30 N–H and O–H groups in total. The summed E-state index contributed by atoms with van der Waals surface area (Å²) in [5, 5.41) is 39.5. The molecule has 0 heterocycles. The molecular formula is C90H174N22O15. The van der Waals surface area contributed by atoms with Crippen LogP contribution in [0.3, 0.4) is 0 Å². The van der Waals surface area contributed by atoms with Crippen LogP contribution in [0.2, 0.25) is 0 Å². The second-order valence-electron chi connectivity index (χ2n) is 38.3. The molecule has 0 saturated carbocycles. The normalized spacial score (nSPS) is 15.3. The molecule has 0 aliphatic heterocycles. The number of rotatable bonds is 71. The van der Waals surface area contributed by atoms with E-state index in [1.165, 1.54) is 0 Å². The van der Waals surface area contributed by atoms with Gasteiger partial charge in [-0.1, -0.05) is 125 Å². The predicted molar refractivity (Wildman–Crippen MR) is 497 cm³/mol. The van der Waals surface area contributed by atoms with Gasteiger partial charge in [-0.15, -0.1) is 0 Å². The lowest BCUT2D eigenvalue weighted by molar-refractivity contribution is -0.136. The molecule has 0 aliphatic carbocycles. The van der Waals surface area contributed by atoms with E-state index in [1.54, 1.807) is 0 Å². The maximum Gasteiger partial charge on any atom is 0.243 e. The van der Waals surface area contributed by atoms with Crippen molar-refractivity contribution in [3.63, 3.8) is 0 Å². The Hall–Kier alpha value is -8.23. The first-order valence-corrected chi connectivity index (χ1v) is 47.2. The zero-order valence-electron chi connectivity index (χ0n) is 80.4. The van der Waals surface area contributed by atoms with E-state index in [0.29, 0.717) is 96.4 Å². The fourth-order valence-corrected chi connectivity index (χ4v) is 14.6. The van der Waals surface area contributed by atoms with E-state index in [9.17, 15) is 71.9 Å². The van der Waals surface area contributed by atoms with Crippen LogP contribution in [-0.2, 0) is 71.9 Å². The highest BCUT2D eigenvalue weighted by atomic mass is 16.2. The molecule has 0 aromatic carbocycles. The molecule has 0 spiro atoms. The third kappa shape index (κ3) is 52.9. The Bertz CT molecular complexity index is 3290. The second kappa shape index (κ2) is 66.2. The summed E-state index contributed by atoms with van der Waals surface area (Å²) >= 11 is 0. The Labute approximate surface area is 758 Å². The number of primary amides is 1. The van der Waals surface area contributed by atoms with Crippen molar-refractivity contribution in [2.75, 3.05) is 39.3 Å². The van der Waals surface area contributed by atoms with Crippen LogP contribution in [0.25, 0.3) is 0 Å². The van der Waals surface area contributed by atoms with Crippen molar-refractivity contribution in [1.82, 2.24) is 74.4 Å². The van der Waals surface area contributed by atoms with Gasteiger partial charge in [0.25, 0.3) is 0 Å². The molecule has 0 unspecified atom stereocenters. The van der Waals surface area contributed by atoms with Crippen molar-refractivity contribution in [1.29, 1.82) is 0 Å². The fourth-order valence-electron chi connectivity index (χ4n) is 14.6. The topological polar surface area (TPSA) is 633 Å². The number of carbonyl (C=O) groups is 15. The first-order chi connectivity index (χ1) is 59.6. The van der Waals surface area contributed by atoms with Gasteiger partial charge in [0.1, 0.15) is 78.5 Å². The minimum atomic E-state index is -1.30. The second-order valence-corrected chi connectivity index (χ2v) is 38.3. The number of nitrogens with two attached hydrogens (primary N) is 8. The zero-order chi connectivity index (χ0) is 96.8. The Morgan fingerprint density at radius 2 is 0.354 bits per heavy atom. The lowest BCUT2D eigenvalue weighted by atomic mass is 9.98. The fraction of sp³-hybridized carbons (Fsp3) is 0.833. The molecule has 0 fully saturated rings. The SMILES string of the molecule is CC(C)C[C@H](NC(=O)[C@H](CC(C)C)NC(=O)[C@@H](N)CCCCNC(=O)[C@H](CC(C)C)NC(=O)[C@H](CC(C)C)NC(=O)[C@H](CCCCN)NC(=O)[C@H](CCCCN)NC(=O)[C@H](CC(C)C)NC(=O)[C@H](CC(C)C)NC(=O)[C@H](CCCCN)NC(=O)[C@H](CCCCN)NC(=O)[C@H](CC(C)C)NC(=O)[C@H](CC(C)C)NC(=O)[C@H](CCCCN)NC(=O)[C@@H](N)CC(C)C)C(N)=O. The smallest absolute Gasteiger partial charge is 0.243 e. The van der Waals surface area contributed by atoms with Crippen LogP contribution in [0.1, 0.15) is 298 Å². The van der Waals surface area contributed by atoms with Crippen LogP contribution in [0.15, 0.2) is 0 Å². The van der Waals surface area contributed by atoms with Gasteiger partial charge in [-0.05, 0) is 259 Å². The Kier molecular flexibility index (Phi) is 61.9. The Morgan fingerprint density at radius 1 is 0.189 bits per heavy atom. The molecule has 0 radical (unpaired) electrons. The number of nitrogens with one attached hydrogen (secondary N) is 14. The van der Waals surface area contributed by atoms with Gasteiger partial charge in [0.05, 0.1) is 12.1 Å². The molecule has 0 aliphatic rings. The van der Waals surface area contributed by atoms with Crippen LogP contribution < -0.4 is 120 Å². The predicted octanol–water partition coefficient (Wildman–Crippen LogP) is 1.78. The monoisotopic (exact) mass is 1800 g/mol. The van der Waals surface area contributed by atoms with Gasteiger partial charge < -0.3 is 120 Å². The first-order valence-electron chi connectivity index (χ1n) is 47.2. The van der Waals surface area contributed by atoms with Gasteiger partial charge in [-0.2, -0.15) is 0 Å². The lowest BCUT2D eigenvalue weighted by Gasteiger charge is -2.30. The summed E-state index contributed by atoms with van der Waals surface area (Å²) in [7, 11) is 0. The zero-order valence-corrected chi connectivity index (χ0v) is 80.4. The van der Waals surface area contributed by atoms with Gasteiger partial charge in [0.2, 0.25) is 88.6 Å². The van der Waals surface area contributed by atoms with Gasteiger partial charge in [0, 0.05) is 6.54 Å². The van der Waals surface area contributed by atoms with Crippen molar-refractivity contribution in [2.24, 2.45) is 99.1 Å².